The Morgan fingerprint density at radius 2 is 2.12 bits per heavy atom. The highest BCUT2D eigenvalue weighted by Crippen LogP contribution is 2.46. The lowest BCUT2D eigenvalue weighted by atomic mass is 9.81. The molecule has 26 heavy (non-hydrogen) atoms. The first kappa shape index (κ1) is 19.8. The summed E-state index contributed by atoms with van der Waals surface area (Å²) in [6.45, 7) is 10.8. The standard InChI is InChI=1S/C21H28N2O3/c1-14(2)9-10-26-20(24)16(12-22)13-23-15(3)21(4,5)18-11-17(25-6)7-8-19(18)23/h7-8,11,13-15H,9-10H2,1-6H3/b16-13+. The summed E-state index contributed by atoms with van der Waals surface area (Å²) in [6.07, 6.45) is 2.39. The number of anilines is 1. The van der Waals surface area contributed by atoms with Crippen LogP contribution in [0.3, 0.4) is 0 Å². The van der Waals surface area contributed by atoms with Gasteiger partial charge in [0.25, 0.3) is 0 Å². The second-order valence-electron chi connectivity index (χ2n) is 7.66. The van der Waals surface area contributed by atoms with Crippen LogP contribution in [0, 0.1) is 17.2 Å². The number of benzene rings is 1. The van der Waals surface area contributed by atoms with Crippen LogP contribution in [-0.4, -0.2) is 25.7 Å². The van der Waals surface area contributed by atoms with Gasteiger partial charge in [-0.3, -0.25) is 0 Å². The highest BCUT2D eigenvalue weighted by atomic mass is 16.5. The lowest BCUT2D eigenvalue weighted by Crippen LogP contribution is -2.36. The Kier molecular flexibility index (Phi) is 5.97. The molecule has 1 aliphatic heterocycles. The van der Waals surface area contributed by atoms with Gasteiger partial charge in [-0.25, -0.2) is 4.79 Å². The largest absolute Gasteiger partial charge is 0.497 e. The van der Waals surface area contributed by atoms with Crippen LogP contribution in [-0.2, 0) is 14.9 Å². The molecule has 0 saturated heterocycles. The molecule has 2 rings (SSSR count). The summed E-state index contributed by atoms with van der Waals surface area (Å²) >= 11 is 0. The van der Waals surface area contributed by atoms with E-state index in [0.29, 0.717) is 12.5 Å². The van der Waals surface area contributed by atoms with Crippen LogP contribution >= 0.6 is 0 Å². The zero-order valence-electron chi connectivity index (χ0n) is 16.5. The summed E-state index contributed by atoms with van der Waals surface area (Å²) in [6, 6.07) is 7.95. The van der Waals surface area contributed by atoms with Crippen molar-refractivity contribution in [3.05, 3.63) is 35.5 Å². The summed E-state index contributed by atoms with van der Waals surface area (Å²) in [7, 11) is 1.64. The van der Waals surface area contributed by atoms with Crippen molar-refractivity contribution in [2.45, 2.75) is 52.5 Å². The van der Waals surface area contributed by atoms with Gasteiger partial charge in [-0.1, -0.05) is 27.7 Å². The quantitative estimate of drug-likeness (QED) is 0.435. The van der Waals surface area contributed by atoms with Crippen LogP contribution < -0.4 is 9.64 Å². The summed E-state index contributed by atoms with van der Waals surface area (Å²) in [5.41, 5.74) is 1.97. The lowest BCUT2D eigenvalue weighted by Gasteiger charge is -2.29. The molecule has 1 aliphatic rings. The summed E-state index contributed by atoms with van der Waals surface area (Å²) < 4.78 is 10.6. The Balaban J connectivity index is 2.31. The average molecular weight is 356 g/mol. The van der Waals surface area contributed by atoms with Crippen molar-refractivity contribution in [1.82, 2.24) is 0 Å². The second kappa shape index (κ2) is 7.82. The van der Waals surface area contributed by atoms with Crippen molar-refractivity contribution in [3.8, 4) is 11.8 Å². The van der Waals surface area contributed by atoms with Crippen LogP contribution in [0.1, 0.15) is 46.6 Å². The van der Waals surface area contributed by atoms with Crippen LogP contribution in [0.5, 0.6) is 5.75 Å². The van der Waals surface area contributed by atoms with Crippen molar-refractivity contribution in [1.29, 1.82) is 5.26 Å². The molecule has 0 fully saturated rings. The average Bonchev–Trinajstić information content (AvgIpc) is 2.79. The van der Waals surface area contributed by atoms with Crippen molar-refractivity contribution in [3.63, 3.8) is 0 Å². The monoisotopic (exact) mass is 356 g/mol. The van der Waals surface area contributed by atoms with Crippen molar-refractivity contribution in [2.75, 3.05) is 18.6 Å². The Morgan fingerprint density at radius 3 is 2.69 bits per heavy atom. The summed E-state index contributed by atoms with van der Waals surface area (Å²) in [5.74, 6) is 0.669. The van der Waals surface area contributed by atoms with Gasteiger partial charge in [0.2, 0.25) is 0 Å². The summed E-state index contributed by atoms with van der Waals surface area (Å²) in [4.78, 5) is 14.2. The molecule has 0 spiro atoms. The molecule has 1 atom stereocenters. The molecule has 0 radical (unpaired) electrons. The fourth-order valence-corrected chi connectivity index (χ4v) is 3.08. The minimum absolute atomic E-state index is 0.0140. The number of fused-ring (bicyclic) bond motifs is 1. The first-order chi connectivity index (χ1) is 12.2. The maximum atomic E-state index is 12.3. The van der Waals surface area contributed by atoms with Crippen molar-refractivity contribution < 1.29 is 14.3 Å². The number of carbonyl (C=O) groups is 1. The zero-order valence-corrected chi connectivity index (χ0v) is 16.5. The molecule has 1 heterocycles. The fourth-order valence-electron chi connectivity index (χ4n) is 3.08. The molecule has 0 amide bonds. The van der Waals surface area contributed by atoms with E-state index in [9.17, 15) is 10.1 Å². The van der Waals surface area contributed by atoms with E-state index in [2.05, 4.69) is 34.6 Å². The van der Waals surface area contributed by atoms with Gasteiger partial charge in [0.15, 0.2) is 5.57 Å². The number of methoxy groups -OCH3 is 1. The van der Waals surface area contributed by atoms with E-state index in [1.807, 2.05) is 29.2 Å². The zero-order chi connectivity index (χ0) is 19.5. The van der Waals surface area contributed by atoms with Gasteiger partial charge in [0, 0.05) is 23.3 Å². The Labute approximate surface area is 156 Å². The molecule has 0 N–H and O–H groups in total. The van der Waals surface area contributed by atoms with Crippen LogP contribution in [0.2, 0.25) is 0 Å². The molecule has 5 nitrogen and oxygen atoms in total. The minimum Gasteiger partial charge on any atom is -0.497 e. The number of nitrogens with zero attached hydrogens (tertiary/aromatic N) is 2. The number of ether oxygens (including phenoxy) is 2. The first-order valence-corrected chi connectivity index (χ1v) is 8.98. The minimum atomic E-state index is -0.569. The van der Waals surface area contributed by atoms with Crippen molar-refractivity contribution in [2.24, 2.45) is 5.92 Å². The molecule has 1 aromatic carbocycles. The van der Waals surface area contributed by atoms with E-state index in [4.69, 9.17) is 9.47 Å². The number of esters is 1. The highest BCUT2D eigenvalue weighted by Gasteiger charge is 2.41. The predicted octanol–water partition coefficient (Wildman–Crippen LogP) is 4.18. The maximum absolute atomic E-state index is 12.3. The molecular weight excluding hydrogens is 328 g/mol. The first-order valence-electron chi connectivity index (χ1n) is 8.98. The molecule has 1 aromatic rings. The molecule has 5 heteroatoms. The third kappa shape index (κ3) is 3.85. The SMILES string of the molecule is COc1ccc2c(c1)C(C)(C)C(C)N2/C=C(\C#N)C(=O)OCCC(C)C. The summed E-state index contributed by atoms with van der Waals surface area (Å²) in [5, 5.41) is 9.45. The Morgan fingerprint density at radius 1 is 1.42 bits per heavy atom. The molecule has 0 bridgehead atoms. The smallest absolute Gasteiger partial charge is 0.350 e. The number of nitriles is 1. The Bertz CT molecular complexity index is 744. The Hall–Kier alpha value is -2.48. The number of carbonyl (C=O) groups excluding carboxylic acids is 1. The molecule has 140 valence electrons. The van der Waals surface area contributed by atoms with Gasteiger partial charge in [-0.2, -0.15) is 5.26 Å². The normalized spacial score (nSPS) is 18.5. The van der Waals surface area contributed by atoms with Gasteiger partial charge >= 0.3 is 5.97 Å². The van der Waals surface area contributed by atoms with Crippen LogP contribution in [0.25, 0.3) is 0 Å². The highest BCUT2D eigenvalue weighted by molar-refractivity contribution is 5.93. The third-order valence-corrected chi connectivity index (χ3v) is 5.17. The van der Waals surface area contributed by atoms with E-state index in [0.717, 1.165) is 23.4 Å². The molecular formula is C21H28N2O3. The van der Waals surface area contributed by atoms with E-state index in [-0.39, 0.29) is 17.0 Å². The number of rotatable bonds is 6. The van der Waals surface area contributed by atoms with Gasteiger partial charge < -0.3 is 14.4 Å². The van der Waals surface area contributed by atoms with Gasteiger partial charge in [-0.15, -0.1) is 0 Å². The van der Waals surface area contributed by atoms with Gasteiger partial charge in [-0.05, 0) is 43.0 Å². The predicted molar refractivity (Wildman–Crippen MR) is 102 cm³/mol. The second-order valence-corrected chi connectivity index (χ2v) is 7.66. The van der Waals surface area contributed by atoms with E-state index in [1.165, 1.54) is 0 Å². The molecule has 1 unspecified atom stereocenters. The van der Waals surface area contributed by atoms with E-state index in [1.54, 1.807) is 13.3 Å². The fraction of sp³-hybridized carbons (Fsp3) is 0.524. The van der Waals surface area contributed by atoms with Gasteiger partial charge in [0.1, 0.15) is 11.8 Å². The lowest BCUT2D eigenvalue weighted by molar-refractivity contribution is -0.138. The molecule has 0 saturated carbocycles. The van der Waals surface area contributed by atoms with Crippen LogP contribution in [0.15, 0.2) is 30.0 Å². The third-order valence-electron chi connectivity index (χ3n) is 5.17. The number of hydrogen-bond acceptors (Lipinski definition) is 5. The molecule has 0 aliphatic carbocycles. The number of hydrogen-bond donors (Lipinski definition) is 0. The maximum Gasteiger partial charge on any atom is 0.350 e. The van der Waals surface area contributed by atoms with Crippen LogP contribution in [0.4, 0.5) is 5.69 Å². The van der Waals surface area contributed by atoms with E-state index < -0.39 is 5.97 Å². The topological polar surface area (TPSA) is 62.6 Å². The van der Waals surface area contributed by atoms with Crippen molar-refractivity contribution >= 4 is 11.7 Å². The van der Waals surface area contributed by atoms with E-state index >= 15 is 0 Å². The molecule has 0 aromatic heterocycles. The van der Waals surface area contributed by atoms with Gasteiger partial charge in [0.05, 0.1) is 13.7 Å².